The van der Waals surface area contributed by atoms with Crippen LogP contribution in [0.1, 0.15) is 18.6 Å². The highest BCUT2D eigenvalue weighted by molar-refractivity contribution is 7.99. The van der Waals surface area contributed by atoms with Crippen LogP contribution in [0.4, 0.5) is 0 Å². The summed E-state index contributed by atoms with van der Waals surface area (Å²) in [6, 6.07) is 3.70. The monoisotopic (exact) mass is 257 g/mol. The van der Waals surface area contributed by atoms with Crippen LogP contribution in [-0.4, -0.2) is 35.7 Å². The molecule has 5 heteroatoms. The van der Waals surface area contributed by atoms with Crippen molar-refractivity contribution >= 4 is 17.7 Å². The van der Waals surface area contributed by atoms with Crippen molar-refractivity contribution in [2.75, 3.05) is 24.7 Å². The first-order valence-corrected chi connectivity index (χ1v) is 6.96. The van der Waals surface area contributed by atoms with Crippen LogP contribution in [0.25, 0.3) is 0 Å². The summed E-state index contributed by atoms with van der Waals surface area (Å²) in [4.78, 5) is 11.4. The molecular weight excluding hydrogens is 238 g/mol. The number of nitrogens with one attached hydrogen (secondary N) is 1. The van der Waals surface area contributed by atoms with Gasteiger partial charge >= 0.3 is 0 Å². The molecule has 1 rings (SSSR count). The molecule has 0 saturated heterocycles. The van der Waals surface area contributed by atoms with Crippen LogP contribution >= 0.6 is 11.8 Å². The van der Waals surface area contributed by atoms with E-state index in [1.807, 2.05) is 12.1 Å². The number of carbonyl (C=O) groups is 1. The zero-order valence-corrected chi connectivity index (χ0v) is 10.7. The highest BCUT2D eigenvalue weighted by atomic mass is 32.2. The van der Waals surface area contributed by atoms with Crippen LogP contribution in [-0.2, 0) is 11.2 Å². The van der Waals surface area contributed by atoms with Gasteiger partial charge in [-0.2, -0.15) is 11.8 Å². The number of hydrogen-bond acceptors (Lipinski definition) is 4. The summed E-state index contributed by atoms with van der Waals surface area (Å²) < 4.78 is 5.15. The van der Waals surface area contributed by atoms with Crippen molar-refractivity contribution in [2.45, 2.75) is 19.3 Å². The molecule has 17 heavy (non-hydrogen) atoms. The smallest absolute Gasteiger partial charge is 0.220 e. The van der Waals surface area contributed by atoms with E-state index in [4.69, 9.17) is 9.52 Å². The third kappa shape index (κ3) is 7.07. The number of carbonyl (C=O) groups excluding carboxylic acids is 1. The molecule has 0 spiro atoms. The number of hydrogen-bond donors (Lipinski definition) is 2. The van der Waals surface area contributed by atoms with E-state index >= 15 is 0 Å². The molecule has 0 aromatic carbocycles. The van der Waals surface area contributed by atoms with Gasteiger partial charge in [-0.3, -0.25) is 4.79 Å². The molecule has 1 heterocycles. The van der Waals surface area contributed by atoms with Gasteiger partial charge in [0, 0.05) is 31.7 Å². The van der Waals surface area contributed by atoms with Crippen molar-refractivity contribution in [3.05, 3.63) is 24.2 Å². The summed E-state index contributed by atoms with van der Waals surface area (Å²) in [7, 11) is 0. The van der Waals surface area contributed by atoms with Crippen molar-refractivity contribution in [3.63, 3.8) is 0 Å². The van der Waals surface area contributed by atoms with Crippen LogP contribution in [0.3, 0.4) is 0 Å². The van der Waals surface area contributed by atoms with Gasteiger partial charge in [-0.15, -0.1) is 0 Å². The minimum absolute atomic E-state index is 0.0594. The Bertz CT molecular complexity index is 301. The fourth-order valence-electron chi connectivity index (χ4n) is 1.31. The summed E-state index contributed by atoms with van der Waals surface area (Å²) in [5.74, 6) is 2.74. The SMILES string of the molecule is O=C(CCc1ccco1)NCCSCCCO. The van der Waals surface area contributed by atoms with Gasteiger partial charge < -0.3 is 14.8 Å². The first-order chi connectivity index (χ1) is 8.33. The van der Waals surface area contributed by atoms with Gasteiger partial charge in [-0.05, 0) is 24.3 Å². The molecule has 0 bridgehead atoms. The minimum Gasteiger partial charge on any atom is -0.469 e. The Balaban J connectivity index is 1.94. The Morgan fingerprint density at radius 1 is 1.47 bits per heavy atom. The predicted octanol–water partition coefficient (Wildman–Crippen LogP) is 1.44. The second kappa shape index (κ2) is 9.13. The molecule has 1 amide bonds. The molecular formula is C12H19NO3S. The number of furan rings is 1. The van der Waals surface area contributed by atoms with Crippen LogP contribution in [0.15, 0.2) is 22.8 Å². The highest BCUT2D eigenvalue weighted by Crippen LogP contribution is 2.03. The average Bonchev–Trinajstić information content (AvgIpc) is 2.84. The van der Waals surface area contributed by atoms with Gasteiger partial charge in [0.25, 0.3) is 0 Å². The molecule has 1 aromatic rings. The molecule has 0 fully saturated rings. The predicted molar refractivity (Wildman–Crippen MR) is 69.1 cm³/mol. The third-order valence-corrected chi connectivity index (χ3v) is 3.26. The molecule has 4 nitrogen and oxygen atoms in total. The summed E-state index contributed by atoms with van der Waals surface area (Å²) in [5, 5.41) is 11.4. The van der Waals surface area contributed by atoms with E-state index in [0.29, 0.717) is 19.4 Å². The average molecular weight is 257 g/mol. The maximum absolute atomic E-state index is 11.4. The van der Waals surface area contributed by atoms with Crippen molar-refractivity contribution in [1.29, 1.82) is 0 Å². The fraction of sp³-hybridized carbons (Fsp3) is 0.583. The van der Waals surface area contributed by atoms with Crippen molar-refractivity contribution in [2.24, 2.45) is 0 Å². The second-order valence-electron chi connectivity index (χ2n) is 3.62. The van der Waals surface area contributed by atoms with Gasteiger partial charge in [0.05, 0.1) is 6.26 Å². The number of aliphatic hydroxyl groups is 1. The minimum atomic E-state index is 0.0594. The molecule has 0 unspecified atom stereocenters. The molecule has 2 N–H and O–H groups in total. The van der Waals surface area contributed by atoms with E-state index < -0.39 is 0 Å². The van der Waals surface area contributed by atoms with Gasteiger partial charge in [0.2, 0.25) is 5.91 Å². The van der Waals surface area contributed by atoms with E-state index in [9.17, 15) is 4.79 Å². The van der Waals surface area contributed by atoms with Crippen LogP contribution in [0.2, 0.25) is 0 Å². The first-order valence-electron chi connectivity index (χ1n) is 5.80. The van der Waals surface area contributed by atoms with Gasteiger partial charge in [0.1, 0.15) is 5.76 Å². The maximum Gasteiger partial charge on any atom is 0.220 e. The summed E-state index contributed by atoms with van der Waals surface area (Å²) >= 11 is 1.74. The molecule has 0 aliphatic rings. The standard InChI is InChI=1S/C12H19NO3S/c14-7-2-9-17-10-6-13-12(15)5-4-11-3-1-8-16-11/h1,3,8,14H,2,4-7,9-10H2,(H,13,15). The highest BCUT2D eigenvalue weighted by Gasteiger charge is 2.02. The summed E-state index contributed by atoms with van der Waals surface area (Å²) in [5.41, 5.74) is 0. The Kier molecular flexibility index (Phi) is 7.58. The Labute approximate surface area is 106 Å². The number of aliphatic hydroxyl groups excluding tert-OH is 1. The van der Waals surface area contributed by atoms with Crippen molar-refractivity contribution < 1.29 is 14.3 Å². The Morgan fingerprint density at radius 3 is 3.06 bits per heavy atom. The van der Waals surface area contributed by atoms with E-state index in [2.05, 4.69) is 5.32 Å². The molecule has 0 saturated carbocycles. The molecule has 1 aromatic heterocycles. The first kappa shape index (κ1) is 14.1. The lowest BCUT2D eigenvalue weighted by atomic mass is 10.2. The summed E-state index contributed by atoms with van der Waals surface area (Å²) in [6.07, 6.45) is 3.55. The molecule has 0 aliphatic heterocycles. The van der Waals surface area contributed by atoms with Crippen LogP contribution < -0.4 is 5.32 Å². The molecule has 96 valence electrons. The molecule has 0 atom stereocenters. The second-order valence-corrected chi connectivity index (χ2v) is 4.84. The van der Waals surface area contributed by atoms with Gasteiger partial charge in [0.15, 0.2) is 0 Å². The fourth-order valence-corrected chi connectivity index (χ4v) is 2.09. The number of rotatable bonds is 9. The van der Waals surface area contributed by atoms with E-state index in [1.54, 1.807) is 18.0 Å². The van der Waals surface area contributed by atoms with E-state index in [0.717, 1.165) is 23.7 Å². The largest absolute Gasteiger partial charge is 0.469 e. The zero-order chi connectivity index (χ0) is 12.3. The third-order valence-electron chi connectivity index (χ3n) is 2.19. The number of thioether (sulfide) groups is 1. The van der Waals surface area contributed by atoms with Gasteiger partial charge in [-0.1, -0.05) is 0 Å². The van der Waals surface area contributed by atoms with Gasteiger partial charge in [-0.25, -0.2) is 0 Å². The number of amides is 1. The summed E-state index contributed by atoms with van der Waals surface area (Å²) in [6.45, 7) is 0.926. The van der Waals surface area contributed by atoms with Crippen molar-refractivity contribution in [3.8, 4) is 0 Å². The Morgan fingerprint density at radius 2 is 2.35 bits per heavy atom. The number of aryl methyl sites for hydroxylation is 1. The lowest BCUT2D eigenvalue weighted by Crippen LogP contribution is -2.25. The lowest BCUT2D eigenvalue weighted by Gasteiger charge is -2.04. The van der Waals surface area contributed by atoms with Crippen LogP contribution in [0, 0.1) is 0 Å². The molecule has 0 aliphatic carbocycles. The quantitative estimate of drug-likeness (QED) is 0.657. The van der Waals surface area contributed by atoms with E-state index in [-0.39, 0.29) is 12.5 Å². The van der Waals surface area contributed by atoms with Crippen LogP contribution in [0.5, 0.6) is 0 Å². The Hall–Kier alpha value is -0.940. The maximum atomic E-state index is 11.4. The van der Waals surface area contributed by atoms with Crippen molar-refractivity contribution in [1.82, 2.24) is 5.32 Å². The normalized spacial score (nSPS) is 10.4. The topological polar surface area (TPSA) is 62.5 Å². The molecule has 0 radical (unpaired) electrons. The zero-order valence-electron chi connectivity index (χ0n) is 9.85. The lowest BCUT2D eigenvalue weighted by molar-refractivity contribution is -0.121. The van der Waals surface area contributed by atoms with E-state index in [1.165, 1.54) is 0 Å².